The molecule has 3 aromatic carbocycles. The smallest absolute Gasteiger partial charge is 0.344 e. The highest BCUT2D eigenvalue weighted by atomic mass is 16.5. The van der Waals surface area contributed by atoms with E-state index < -0.39 is 0 Å². The molecular weight excluding hydrogens is 484 g/mol. The fourth-order valence-electron chi connectivity index (χ4n) is 6.17. The number of benzene rings is 3. The molecule has 3 aromatic rings. The molecule has 0 aliphatic carbocycles. The number of hydrogen-bond donors (Lipinski definition) is 0. The highest BCUT2D eigenvalue weighted by Crippen LogP contribution is 2.38. The van der Waals surface area contributed by atoms with Gasteiger partial charge < -0.3 is 9.47 Å². The van der Waals surface area contributed by atoms with Crippen molar-refractivity contribution in [2.45, 2.75) is 96.4 Å². The lowest BCUT2D eigenvalue weighted by atomic mass is 9.84. The standard InChI is InChI=1S/C35H44O4/c1-16-24(9)33(38-14)25(10)17(2)29(16)15-30-18(3)26(11)34(27(12)19(30)4)39-35(37)32-22(7)20(5)31(28(13)36)21(6)23(32)8/h15H2,1-14H3. The van der Waals surface area contributed by atoms with Gasteiger partial charge in [-0.1, -0.05) is 0 Å². The van der Waals surface area contributed by atoms with Crippen molar-refractivity contribution in [2.24, 2.45) is 0 Å². The third-order valence-electron chi connectivity index (χ3n) is 9.36. The summed E-state index contributed by atoms with van der Waals surface area (Å²) in [6.45, 7) is 26.1. The minimum Gasteiger partial charge on any atom is -0.496 e. The van der Waals surface area contributed by atoms with Gasteiger partial charge in [0.05, 0.1) is 12.7 Å². The molecule has 208 valence electrons. The van der Waals surface area contributed by atoms with Gasteiger partial charge in [0.25, 0.3) is 0 Å². The van der Waals surface area contributed by atoms with Crippen molar-refractivity contribution < 1.29 is 19.1 Å². The van der Waals surface area contributed by atoms with Crippen molar-refractivity contribution in [2.75, 3.05) is 7.11 Å². The SMILES string of the molecule is COc1c(C)c(C)c(Cc2c(C)c(C)c(OC(=O)c3c(C)c(C)c(C(C)=O)c(C)c3C)c(C)c2C)c(C)c1C. The maximum atomic E-state index is 13.6. The molecule has 0 saturated carbocycles. The molecule has 0 amide bonds. The summed E-state index contributed by atoms with van der Waals surface area (Å²) in [4.78, 5) is 25.9. The average Bonchev–Trinajstić information content (AvgIpc) is 2.87. The third-order valence-corrected chi connectivity index (χ3v) is 9.36. The number of methoxy groups -OCH3 is 1. The number of carbonyl (C=O) groups excluding carboxylic acids is 2. The number of ketones is 1. The van der Waals surface area contributed by atoms with Crippen molar-refractivity contribution in [3.63, 3.8) is 0 Å². The molecule has 0 N–H and O–H groups in total. The zero-order valence-corrected chi connectivity index (χ0v) is 26.3. The Morgan fingerprint density at radius 2 is 0.821 bits per heavy atom. The summed E-state index contributed by atoms with van der Waals surface area (Å²) in [6, 6.07) is 0. The third kappa shape index (κ3) is 4.90. The number of ether oxygens (including phenoxy) is 2. The lowest BCUT2D eigenvalue weighted by molar-refractivity contribution is 0.0729. The van der Waals surface area contributed by atoms with Gasteiger partial charge in [-0.05, 0) is 174 Å². The minimum atomic E-state index is -0.378. The molecular formula is C35H44O4. The predicted octanol–water partition coefficient (Wildman–Crippen LogP) is 8.41. The first-order valence-corrected chi connectivity index (χ1v) is 13.6. The number of hydrogen-bond acceptors (Lipinski definition) is 4. The molecule has 3 rings (SSSR count). The Labute approximate surface area is 234 Å². The van der Waals surface area contributed by atoms with Crippen molar-refractivity contribution in [3.05, 3.63) is 89.0 Å². The van der Waals surface area contributed by atoms with E-state index in [-0.39, 0.29) is 11.8 Å². The first-order chi connectivity index (χ1) is 18.1. The lowest BCUT2D eigenvalue weighted by Crippen LogP contribution is -2.18. The summed E-state index contributed by atoms with van der Waals surface area (Å²) < 4.78 is 11.9. The van der Waals surface area contributed by atoms with Crippen LogP contribution in [-0.4, -0.2) is 18.9 Å². The minimum absolute atomic E-state index is 0.0114. The van der Waals surface area contributed by atoms with E-state index in [2.05, 4.69) is 41.5 Å². The Bertz CT molecular complexity index is 1450. The Hall–Kier alpha value is -3.40. The zero-order valence-electron chi connectivity index (χ0n) is 26.3. The molecule has 0 unspecified atom stereocenters. The fraction of sp³-hybridized carbons (Fsp3) is 0.429. The fourth-order valence-corrected chi connectivity index (χ4v) is 6.17. The maximum absolute atomic E-state index is 13.6. The highest BCUT2D eigenvalue weighted by Gasteiger charge is 2.26. The summed E-state index contributed by atoms with van der Waals surface area (Å²) >= 11 is 0. The second kappa shape index (κ2) is 11.0. The zero-order chi connectivity index (χ0) is 29.7. The second-order valence-electron chi connectivity index (χ2n) is 11.2. The Kier molecular flexibility index (Phi) is 8.50. The van der Waals surface area contributed by atoms with Crippen LogP contribution in [0.2, 0.25) is 0 Å². The molecule has 39 heavy (non-hydrogen) atoms. The summed E-state index contributed by atoms with van der Waals surface area (Å²) in [6.07, 6.45) is 0.806. The average molecular weight is 529 g/mol. The highest BCUT2D eigenvalue weighted by molar-refractivity contribution is 6.02. The van der Waals surface area contributed by atoms with Gasteiger partial charge in [0.15, 0.2) is 5.78 Å². The van der Waals surface area contributed by atoms with E-state index in [1.807, 2.05) is 41.5 Å². The molecule has 0 fully saturated rings. The Morgan fingerprint density at radius 3 is 1.15 bits per heavy atom. The van der Waals surface area contributed by atoms with Crippen LogP contribution in [-0.2, 0) is 6.42 Å². The van der Waals surface area contributed by atoms with Crippen LogP contribution in [0, 0.1) is 83.1 Å². The number of Topliss-reactive ketones (excluding diaryl/α,β-unsaturated/α-hetero) is 1. The first-order valence-electron chi connectivity index (χ1n) is 13.6. The monoisotopic (exact) mass is 528 g/mol. The number of carbonyl (C=O) groups is 2. The van der Waals surface area contributed by atoms with Crippen LogP contribution in [0.25, 0.3) is 0 Å². The van der Waals surface area contributed by atoms with E-state index in [0.29, 0.717) is 16.9 Å². The van der Waals surface area contributed by atoms with Crippen LogP contribution >= 0.6 is 0 Å². The molecule has 0 radical (unpaired) electrons. The van der Waals surface area contributed by atoms with E-state index in [1.54, 1.807) is 14.0 Å². The lowest BCUT2D eigenvalue weighted by Gasteiger charge is -2.24. The molecule has 0 aliphatic rings. The van der Waals surface area contributed by atoms with Crippen molar-refractivity contribution in [3.8, 4) is 11.5 Å². The van der Waals surface area contributed by atoms with Crippen LogP contribution in [0.3, 0.4) is 0 Å². The van der Waals surface area contributed by atoms with Crippen LogP contribution in [0.5, 0.6) is 11.5 Å². The molecule has 0 heterocycles. The molecule has 0 aliphatic heterocycles. The van der Waals surface area contributed by atoms with Gasteiger partial charge in [0, 0.05) is 5.56 Å². The van der Waals surface area contributed by atoms with Gasteiger partial charge >= 0.3 is 5.97 Å². The molecule has 0 saturated heterocycles. The van der Waals surface area contributed by atoms with Gasteiger partial charge in [-0.15, -0.1) is 0 Å². The van der Waals surface area contributed by atoms with E-state index >= 15 is 0 Å². The van der Waals surface area contributed by atoms with Gasteiger partial charge in [-0.3, -0.25) is 4.79 Å². The van der Waals surface area contributed by atoms with Gasteiger partial charge in [0.2, 0.25) is 0 Å². The Balaban J connectivity index is 2.12. The van der Waals surface area contributed by atoms with Gasteiger partial charge in [-0.25, -0.2) is 4.79 Å². The topological polar surface area (TPSA) is 52.6 Å². The van der Waals surface area contributed by atoms with E-state index in [4.69, 9.17) is 9.47 Å². The van der Waals surface area contributed by atoms with Crippen LogP contribution in [0.4, 0.5) is 0 Å². The summed E-state index contributed by atoms with van der Waals surface area (Å²) in [5.74, 6) is 1.22. The van der Waals surface area contributed by atoms with Crippen LogP contribution in [0.15, 0.2) is 0 Å². The van der Waals surface area contributed by atoms with Gasteiger partial charge in [-0.2, -0.15) is 0 Å². The second-order valence-corrected chi connectivity index (χ2v) is 11.2. The molecule has 0 bridgehead atoms. The summed E-state index contributed by atoms with van der Waals surface area (Å²) in [5.41, 5.74) is 16.2. The largest absolute Gasteiger partial charge is 0.496 e. The van der Waals surface area contributed by atoms with Crippen molar-refractivity contribution >= 4 is 11.8 Å². The van der Waals surface area contributed by atoms with Crippen molar-refractivity contribution in [1.29, 1.82) is 0 Å². The normalized spacial score (nSPS) is 11.1. The number of rotatable bonds is 6. The van der Waals surface area contributed by atoms with Crippen molar-refractivity contribution in [1.82, 2.24) is 0 Å². The molecule has 0 aromatic heterocycles. The first kappa shape index (κ1) is 30.1. The summed E-state index contributed by atoms with van der Waals surface area (Å²) in [5, 5.41) is 0. The van der Waals surface area contributed by atoms with E-state index in [0.717, 1.165) is 56.7 Å². The Morgan fingerprint density at radius 1 is 0.487 bits per heavy atom. The van der Waals surface area contributed by atoms with E-state index in [9.17, 15) is 9.59 Å². The van der Waals surface area contributed by atoms with Crippen LogP contribution < -0.4 is 9.47 Å². The number of esters is 1. The van der Waals surface area contributed by atoms with Gasteiger partial charge in [0.1, 0.15) is 11.5 Å². The molecule has 0 atom stereocenters. The quantitative estimate of drug-likeness (QED) is 0.183. The van der Waals surface area contributed by atoms with E-state index in [1.165, 1.54) is 33.4 Å². The summed E-state index contributed by atoms with van der Waals surface area (Å²) in [7, 11) is 1.73. The molecule has 0 spiro atoms. The maximum Gasteiger partial charge on any atom is 0.344 e. The predicted molar refractivity (Wildman–Crippen MR) is 160 cm³/mol. The van der Waals surface area contributed by atoms with Crippen LogP contribution in [0.1, 0.15) is 106 Å². The molecule has 4 heteroatoms. The molecule has 4 nitrogen and oxygen atoms in total.